The largest absolute Gasteiger partial charge is 0.432 e. The van der Waals surface area contributed by atoms with Crippen LogP contribution in [-0.4, -0.2) is 28.2 Å². The van der Waals surface area contributed by atoms with E-state index in [1.807, 2.05) is 94.1 Å². The number of nitrogens with zero attached hydrogens (tertiary/aromatic N) is 6. The second-order valence-corrected chi connectivity index (χ2v) is 12.3. The van der Waals surface area contributed by atoms with Gasteiger partial charge in [0.2, 0.25) is 0 Å². The number of para-hydroxylation sites is 6. The Balaban J connectivity index is 0.000000134. The Morgan fingerprint density at radius 3 is 1.25 bits per heavy atom. The van der Waals surface area contributed by atoms with Crippen molar-refractivity contribution in [3.63, 3.8) is 0 Å². The summed E-state index contributed by atoms with van der Waals surface area (Å²) in [5.74, 6) is 4.85. The van der Waals surface area contributed by atoms with Crippen molar-refractivity contribution in [3.05, 3.63) is 170 Å². The Labute approximate surface area is 339 Å². The van der Waals surface area contributed by atoms with Crippen LogP contribution < -0.4 is 0 Å². The molecule has 266 valence electrons. The average molecular weight is 1050 g/mol. The summed E-state index contributed by atoms with van der Waals surface area (Å²) in [5.41, 5.74) is 10.4. The standard InChI is InChI=1S/C15H10N4.2C15H10N.2Au/c1-3-7-14-12(5-1)16-9-18(14)11-19-10-17-13-6-2-4-8-15(13)19;2*1-3-11-8-9-13-12-6-4-5-7-14(12)16(2)15(13)10-11;;/h1-8H,11H2;2*4-10H,2H3;;/q-2;2*-1;;. The minimum atomic E-state index is 0. The predicted octanol–water partition coefficient (Wildman–Crippen LogP) is 9.03. The third-order valence-corrected chi connectivity index (χ3v) is 9.33. The molecule has 53 heavy (non-hydrogen) atoms. The fourth-order valence-corrected chi connectivity index (χ4v) is 6.74. The molecule has 0 spiro atoms. The van der Waals surface area contributed by atoms with Crippen LogP contribution in [0.4, 0.5) is 0 Å². The van der Waals surface area contributed by atoms with E-state index in [2.05, 4.69) is 106 Å². The summed E-state index contributed by atoms with van der Waals surface area (Å²) in [4.78, 5) is 8.54. The number of aromatic nitrogens is 6. The molecule has 0 aliphatic rings. The van der Waals surface area contributed by atoms with Gasteiger partial charge in [0.1, 0.15) is 0 Å². The minimum Gasteiger partial charge on any atom is -0.432 e. The van der Waals surface area contributed by atoms with E-state index in [0.717, 1.165) is 44.2 Å². The third kappa shape index (κ3) is 7.01. The number of hydrogen-bond acceptors (Lipinski definition) is 2. The van der Waals surface area contributed by atoms with Crippen LogP contribution in [0.1, 0.15) is 11.1 Å². The first-order valence-electron chi connectivity index (χ1n) is 16.5. The molecule has 4 heterocycles. The number of fused-ring (bicyclic) bond motifs is 8. The Morgan fingerprint density at radius 1 is 0.472 bits per heavy atom. The zero-order valence-electron chi connectivity index (χ0n) is 28.7. The van der Waals surface area contributed by atoms with E-state index >= 15 is 0 Å². The van der Waals surface area contributed by atoms with Crippen LogP contribution in [0.3, 0.4) is 0 Å². The monoisotopic (exact) mass is 1050 g/mol. The van der Waals surface area contributed by atoms with Crippen molar-refractivity contribution in [3.8, 4) is 11.8 Å². The number of aryl methyl sites for hydroxylation is 2. The summed E-state index contributed by atoms with van der Waals surface area (Å²) in [5, 5.41) is 4.99. The van der Waals surface area contributed by atoms with E-state index in [-0.39, 0.29) is 44.8 Å². The summed E-state index contributed by atoms with van der Waals surface area (Å²) in [6.45, 7) is 0.612. The number of benzene rings is 6. The Hall–Kier alpha value is -5.54. The molecule has 0 saturated heterocycles. The molecule has 10 rings (SSSR count). The first kappa shape index (κ1) is 37.2. The maximum atomic E-state index is 7.16. The first-order chi connectivity index (χ1) is 25.0. The van der Waals surface area contributed by atoms with Crippen LogP contribution >= 0.6 is 0 Å². The van der Waals surface area contributed by atoms with Crippen LogP contribution in [0.2, 0.25) is 0 Å². The fourth-order valence-electron chi connectivity index (χ4n) is 6.74. The summed E-state index contributed by atoms with van der Waals surface area (Å²) in [6.07, 6.45) is 20.4. The molecule has 0 aliphatic heterocycles. The topological polar surface area (TPSA) is 45.5 Å². The average Bonchev–Trinajstić information content (AvgIpc) is 3.94. The predicted molar refractivity (Wildman–Crippen MR) is 206 cm³/mol. The van der Waals surface area contributed by atoms with Crippen molar-refractivity contribution in [2.45, 2.75) is 6.67 Å². The maximum absolute atomic E-state index is 7.16. The summed E-state index contributed by atoms with van der Waals surface area (Å²) in [6, 6.07) is 44.7. The quantitative estimate of drug-likeness (QED) is 0.0987. The van der Waals surface area contributed by atoms with Gasteiger partial charge in [0.25, 0.3) is 0 Å². The molecule has 4 aromatic heterocycles. The molecule has 6 aromatic carbocycles. The Morgan fingerprint density at radius 2 is 0.830 bits per heavy atom. The molecule has 0 N–H and O–H groups in total. The molecule has 0 amide bonds. The Bertz CT molecular complexity index is 2760. The normalized spacial score (nSPS) is 10.6. The second-order valence-electron chi connectivity index (χ2n) is 12.3. The van der Waals surface area contributed by atoms with Gasteiger partial charge in [0.15, 0.2) is 0 Å². The van der Waals surface area contributed by atoms with Gasteiger partial charge < -0.3 is 41.1 Å². The molecule has 8 heteroatoms. The van der Waals surface area contributed by atoms with E-state index in [1.165, 1.54) is 32.6 Å². The van der Waals surface area contributed by atoms with Crippen LogP contribution in [0.25, 0.3) is 65.7 Å². The van der Waals surface area contributed by atoms with Gasteiger partial charge in [-0.3, -0.25) is 11.8 Å². The van der Waals surface area contributed by atoms with Gasteiger partial charge in [-0.05, 0) is 12.1 Å². The third-order valence-electron chi connectivity index (χ3n) is 9.33. The number of hydrogen-bond donors (Lipinski definition) is 0. The van der Waals surface area contributed by atoms with E-state index in [1.54, 1.807) is 0 Å². The smallest absolute Gasteiger partial charge is 0.0563 e. The molecule has 0 unspecified atom stereocenters. The molecular formula is C45H30Au2N6-4. The SMILES string of the molecule is [Au].[Au].[C-]#Cc1ccc2c3ccccc3n(C)c2c1.[C-]#Cc1ccc2c3ccccc3n(C)c2c1.[c-]1nc2ccccc2n1Cn1[c-]nc2ccccc21. The van der Waals surface area contributed by atoms with Crippen LogP contribution in [-0.2, 0) is 65.5 Å². The number of imidazole rings is 2. The fraction of sp³-hybridized carbons (Fsp3) is 0.0667. The maximum Gasteiger partial charge on any atom is 0.0563 e. The molecule has 0 fully saturated rings. The zero-order valence-corrected chi connectivity index (χ0v) is 33.0. The molecule has 0 saturated carbocycles. The van der Waals surface area contributed by atoms with Gasteiger partial charge in [-0.15, -0.1) is 59.7 Å². The van der Waals surface area contributed by atoms with Gasteiger partial charge >= 0.3 is 0 Å². The minimum absolute atomic E-state index is 0. The molecule has 0 atom stereocenters. The van der Waals surface area contributed by atoms with E-state index in [9.17, 15) is 0 Å². The molecule has 10 aromatic rings. The van der Waals surface area contributed by atoms with Crippen LogP contribution in [0, 0.1) is 37.3 Å². The Kier molecular flexibility index (Phi) is 11.2. The van der Waals surface area contributed by atoms with E-state index in [0.29, 0.717) is 6.67 Å². The van der Waals surface area contributed by atoms with Gasteiger partial charge in [0, 0.05) is 115 Å². The molecular weight excluding hydrogens is 1020 g/mol. The van der Waals surface area contributed by atoms with Crippen LogP contribution in [0.5, 0.6) is 0 Å². The van der Waals surface area contributed by atoms with Crippen molar-refractivity contribution in [1.29, 1.82) is 0 Å². The van der Waals surface area contributed by atoms with Crippen molar-refractivity contribution < 1.29 is 44.8 Å². The molecule has 2 radical (unpaired) electrons. The van der Waals surface area contributed by atoms with Crippen molar-refractivity contribution in [2.24, 2.45) is 14.1 Å². The van der Waals surface area contributed by atoms with Gasteiger partial charge in [-0.1, -0.05) is 94.9 Å². The summed E-state index contributed by atoms with van der Waals surface area (Å²) < 4.78 is 8.26. The summed E-state index contributed by atoms with van der Waals surface area (Å²) in [7, 11) is 4.11. The van der Waals surface area contributed by atoms with Crippen LogP contribution in [0.15, 0.2) is 133 Å². The van der Waals surface area contributed by atoms with Gasteiger partial charge in [0.05, 0.1) is 6.67 Å². The van der Waals surface area contributed by atoms with Crippen molar-refractivity contribution >= 4 is 65.7 Å². The second kappa shape index (κ2) is 16.0. The van der Waals surface area contributed by atoms with E-state index in [4.69, 9.17) is 12.8 Å². The summed E-state index contributed by atoms with van der Waals surface area (Å²) >= 11 is 0. The van der Waals surface area contributed by atoms with Crippen molar-refractivity contribution in [1.82, 2.24) is 28.2 Å². The molecule has 6 nitrogen and oxygen atoms in total. The number of rotatable bonds is 2. The first-order valence-corrected chi connectivity index (χ1v) is 16.5. The molecule has 0 aliphatic carbocycles. The zero-order chi connectivity index (χ0) is 34.9. The van der Waals surface area contributed by atoms with E-state index < -0.39 is 0 Å². The van der Waals surface area contributed by atoms with Crippen molar-refractivity contribution in [2.75, 3.05) is 0 Å². The van der Waals surface area contributed by atoms with Gasteiger partial charge in [-0.25, -0.2) is 0 Å². The van der Waals surface area contributed by atoms with Gasteiger partial charge in [-0.2, -0.15) is 0 Å². The molecule has 0 bridgehead atoms.